The molecule has 0 aromatic heterocycles. The molecule has 0 N–H and O–H groups in total. The average Bonchev–Trinajstić information content (AvgIpc) is 3.15. The zero-order chi connectivity index (χ0) is 21.7. The van der Waals surface area contributed by atoms with Crippen molar-refractivity contribution in [1.82, 2.24) is 9.80 Å². The molecule has 1 fully saturated rings. The fourth-order valence-corrected chi connectivity index (χ4v) is 3.45. The molecule has 1 aliphatic rings. The first-order chi connectivity index (χ1) is 14.4. The van der Waals surface area contributed by atoms with Crippen molar-refractivity contribution >= 4 is 35.0 Å². The minimum absolute atomic E-state index is 0.00183. The fraction of sp³-hybridized carbons (Fsp3) is 0.348. The number of halogens is 1. The number of anilines is 1. The molecule has 30 heavy (non-hydrogen) atoms. The van der Waals surface area contributed by atoms with E-state index in [1.165, 1.54) is 4.90 Å². The van der Waals surface area contributed by atoms with Crippen LogP contribution >= 0.6 is 11.6 Å². The summed E-state index contributed by atoms with van der Waals surface area (Å²) in [5.74, 6) is -0.636. The topological polar surface area (TPSA) is 60.9 Å². The molecule has 7 heteroatoms. The first-order valence-electron chi connectivity index (χ1n) is 10.1. The van der Waals surface area contributed by atoms with Crippen LogP contribution in [0.15, 0.2) is 54.6 Å². The third-order valence-electron chi connectivity index (χ3n) is 5.32. The second-order valence-electron chi connectivity index (χ2n) is 7.52. The van der Waals surface area contributed by atoms with Gasteiger partial charge in [0.05, 0.1) is 0 Å². The SMILES string of the molecule is CCC(C)C(=O)N(CC(=O)N1CC(=O)N(c2ccc(Cl)cc2)C1)Cc1ccccc1. The highest BCUT2D eigenvalue weighted by Crippen LogP contribution is 2.22. The van der Waals surface area contributed by atoms with Crippen molar-refractivity contribution in [2.75, 3.05) is 24.7 Å². The van der Waals surface area contributed by atoms with Crippen molar-refractivity contribution in [3.05, 3.63) is 65.2 Å². The van der Waals surface area contributed by atoms with Crippen molar-refractivity contribution in [3.8, 4) is 0 Å². The van der Waals surface area contributed by atoms with E-state index < -0.39 is 0 Å². The second kappa shape index (κ2) is 9.76. The molecule has 0 bridgehead atoms. The molecule has 1 atom stereocenters. The minimum atomic E-state index is -0.243. The summed E-state index contributed by atoms with van der Waals surface area (Å²) in [7, 11) is 0. The molecule has 1 heterocycles. The van der Waals surface area contributed by atoms with Crippen LogP contribution in [0.25, 0.3) is 0 Å². The molecule has 6 nitrogen and oxygen atoms in total. The van der Waals surface area contributed by atoms with Gasteiger partial charge in [0, 0.05) is 23.2 Å². The summed E-state index contributed by atoms with van der Waals surface area (Å²) in [6, 6.07) is 16.5. The zero-order valence-electron chi connectivity index (χ0n) is 17.3. The second-order valence-corrected chi connectivity index (χ2v) is 7.96. The van der Waals surface area contributed by atoms with Gasteiger partial charge in [-0.15, -0.1) is 0 Å². The molecule has 0 spiro atoms. The van der Waals surface area contributed by atoms with E-state index in [0.717, 1.165) is 5.56 Å². The Morgan fingerprint density at radius 2 is 1.77 bits per heavy atom. The van der Waals surface area contributed by atoms with Crippen LogP contribution in [0.5, 0.6) is 0 Å². The van der Waals surface area contributed by atoms with Gasteiger partial charge in [-0.2, -0.15) is 0 Å². The summed E-state index contributed by atoms with van der Waals surface area (Å²) in [5, 5.41) is 0.582. The van der Waals surface area contributed by atoms with Crippen molar-refractivity contribution in [3.63, 3.8) is 0 Å². The van der Waals surface area contributed by atoms with Gasteiger partial charge in [-0.05, 0) is 36.2 Å². The number of nitrogens with zero attached hydrogens (tertiary/aromatic N) is 3. The molecule has 3 rings (SSSR count). The molecule has 158 valence electrons. The summed E-state index contributed by atoms with van der Waals surface area (Å²) in [6.45, 7) is 4.28. The number of amides is 3. The molecule has 0 radical (unpaired) electrons. The van der Waals surface area contributed by atoms with E-state index in [-0.39, 0.29) is 43.4 Å². The maximum absolute atomic E-state index is 13.0. The molecule has 0 saturated carbocycles. The van der Waals surface area contributed by atoms with E-state index in [0.29, 0.717) is 23.7 Å². The maximum atomic E-state index is 13.0. The van der Waals surface area contributed by atoms with Gasteiger partial charge in [0.15, 0.2) is 0 Å². The Hall–Kier alpha value is -2.86. The Labute approximate surface area is 182 Å². The maximum Gasteiger partial charge on any atom is 0.248 e. The van der Waals surface area contributed by atoms with E-state index in [1.54, 1.807) is 34.1 Å². The van der Waals surface area contributed by atoms with Crippen LogP contribution in [0.4, 0.5) is 5.69 Å². The monoisotopic (exact) mass is 427 g/mol. The Balaban J connectivity index is 1.71. The lowest BCUT2D eigenvalue weighted by Crippen LogP contribution is -2.44. The summed E-state index contributed by atoms with van der Waals surface area (Å²) in [5.41, 5.74) is 1.65. The van der Waals surface area contributed by atoms with Crippen LogP contribution in [0.3, 0.4) is 0 Å². The van der Waals surface area contributed by atoms with Gasteiger partial charge in [-0.1, -0.05) is 55.8 Å². The Kier molecular flexibility index (Phi) is 7.11. The zero-order valence-corrected chi connectivity index (χ0v) is 18.0. The van der Waals surface area contributed by atoms with Gasteiger partial charge >= 0.3 is 0 Å². The van der Waals surface area contributed by atoms with Crippen LogP contribution in [-0.2, 0) is 20.9 Å². The van der Waals surface area contributed by atoms with Gasteiger partial charge < -0.3 is 9.80 Å². The minimum Gasteiger partial charge on any atom is -0.329 e. The number of hydrogen-bond acceptors (Lipinski definition) is 3. The number of carbonyl (C=O) groups excluding carboxylic acids is 3. The highest BCUT2D eigenvalue weighted by atomic mass is 35.5. The van der Waals surface area contributed by atoms with Crippen LogP contribution in [0.2, 0.25) is 5.02 Å². The van der Waals surface area contributed by atoms with Crippen LogP contribution in [-0.4, -0.2) is 47.3 Å². The standard InChI is InChI=1S/C23H26ClN3O3/c1-3-17(2)23(30)25(13-18-7-5-4-6-8-18)14-21(28)26-15-22(29)27(16-26)20-11-9-19(24)10-12-20/h4-12,17H,3,13-16H2,1-2H3. The van der Waals surface area contributed by atoms with Crippen molar-refractivity contribution in [2.45, 2.75) is 26.8 Å². The number of rotatable bonds is 7. The van der Waals surface area contributed by atoms with Gasteiger partial charge in [-0.3, -0.25) is 19.3 Å². The summed E-state index contributed by atoms with van der Waals surface area (Å²) >= 11 is 5.92. The van der Waals surface area contributed by atoms with Crippen LogP contribution < -0.4 is 4.90 Å². The molecular formula is C23H26ClN3O3. The van der Waals surface area contributed by atoms with Crippen LogP contribution in [0.1, 0.15) is 25.8 Å². The van der Waals surface area contributed by atoms with Crippen molar-refractivity contribution in [1.29, 1.82) is 0 Å². The lowest BCUT2D eigenvalue weighted by molar-refractivity contribution is -0.143. The molecule has 3 amide bonds. The lowest BCUT2D eigenvalue weighted by Gasteiger charge is -2.27. The Morgan fingerprint density at radius 1 is 1.10 bits per heavy atom. The molecule has 2 aromatic rings. The van der Waals surface area contributed by atoms with Crippen LogP contribution in [0, 0.1) is 5.92 Å². The number of carbonyl (C=O) groups is 3. The average molecular weight is 428 g/mol. The Bertz CT molecular complexity index is 902. The van der Waals surface area contributed by atoms with E-state index in [2.05, 4.69) is 0 Å². The quantitative estimate of drug-likeness (QED) is 0.678. The van der Waals surface area contributed by atoms with E-state index >= 15 is 0 Å². The normalized spacial score (nSPS) is 14.7. The van der Waals surface area contributed by atoms with E-state index in [9.17, 15) is 14.4 Å². The van der Waals surface area contributed by atoms with Crippen molar-refractivity contribution in [2.24, 2.45) is 5.92 Å². The third kappa shape index (κ3) is 5.19. The third-order valence-corrected chi connectivity index (χ3v) is 5.57. The summed E-state index contributed by atoms with van der Waals surface area (Å²) < 4.78 is 0. The largest absolute Gasteiger partial charge is 0.329 e. The van der Waals surface area contributed by atoms with E-state index in [4.69, 9.17) is 11.6 Å². The predicted octanol–water partition coefficient (Wildman–Crippen LogP) is 3.55. The van der Waals surface area contributed by atoms with E-state index in [1.807, 2.05) is 44.2 Å². The summed E-state index contributed by atoms with van der Waals surface area (Å²) in [6.07, 6.45) is 0.699. The summed E-state index contributed by atoms with van der Waals surface area (Å²) in [4.78, 5) is 42.9. The van der Waals surface area contributed by atoms with Gasteiger partial charge in [-0.25, -0.2) is 0 Å². The molecule has 1 aliphatic heterocycles. The molecule has 0 aliphatic carbocycles. The van der Waals surface area contributed by atoms with Crippen molar-refractivity contribution < 1.29 is 14.4 Å². The number of hydrogen-bond donors (Lipinski definition) is 0. The smallest absolute Gasteiger partial charge is 0.248 e. The first-order valence-corrected chi connectivity index (χ1v) is 10.4. The van der Waals surface area contributed by atoms with Gasteiger partial charge in [0.2, 0.25) is 17.7 Å². The predicted molar refractivity (Wildman–Crippen MR) is 117 cm³/mol. The molecular weight excluding hydrogens is 402 g/mol. The van der Waals surface area contributed by atoms with Gasteiger partial charge in [0.25, 0.3) is 0 Å². The molecule has 1 saturated heterocycles. The fourth-order valence-electron chi connectivity index (χ4n) is 3.33. The highest BCUT2D eigenvalue weighted by molar-refractivity contribution is 6.30. The number of benzene rings is 2. The highest BCUT2D eigenvalue weighted by Gasteiger charge is 2.33. The Morgan fingerprint density at radius 3 is 2.40 bits per heavy atom. The first kappa shape index (κ1) is 21.8. The lowest BCUT2D eigenvalue weighted by atomic mass is 10.1. The van der Waals surface area contributed by atoms with Gasteiger partial charge in [0.1, 0.15) is 19.8 Å². The molecule has 2 aromatic carbocycles. The molecule has 1 unspecified atom stereocenters.